The molecule has 1 fully saturated rings. The molecule has 1 aliphatic carbocycles. The number of aryl methyl sites for hydroxylation is 3. The van der Waals surface area contributed by atoms with E-state index in [1.54, 1.807) is 18.2 Å². The molecule has 0 spiro atoms. The molecule has 0 bridgehead atoms. The van der Waals surface area contributed by atoms with Crippen molar-refractivity contribution >= 4 is 23.2 Å². The van der Waals surface area contributed by atoms with Gasteiger partial charge in [-0.1, -0.05) is 42.5 Å². The van der Waals surface area contributed by atoms with Crippen molar-refractivity contribution in [3.8, 4) is 0 Å². The molecule has 1 saturated heterocycles. The molecule has 0 unspecified atom stereocenters. The van der Waals surface area contributed by atoms with Crippen molar-refractivity contribution in [1.29, 1.82) is 0 Å². The third-order valence-electron chi connectivity index (χ3n) is 7.56. The molecule has 5 rings (SSSR count). The van der Waals surface area contributed by atoms with Gasteiger partial charge in [0.25, 0.3) is 0 Å². The Hall–Kier alpha value is -3.57. The molecule has 0 atom stereocenters. The zero-order chi connectivity index (χ0) is 26.8. The van der Waals surface area contributed by atoms with Gasteiger partial charge < -0.3 is 5.11 Å². The second-order valence-corrected chi connectivity index (χ2v) is 10.5. The van der Waals surface area contributed by atoms with Crippen LogP contribution in [-0.4, -0.2) is 42.3 Å². The van der Waals surface area contributed by atoms with E-state index in [2.05, 4.69) is 35.2 Å². The Morgan fingerprint density at radius 2 is 1.79 bits per heavy atom. The van der Waals surface area contributed by atoms with E-state index in [0.29, 0.717) is 18.4 Å². The zero-order valence-corrected chi connectivity index (χ0v) is 22.0. The summed E-state index contributed by atoms with van der Waals surface area (Å²) in [6.45, 7) is 6.13. The number of carboxylic acid groups (broad SMARTS) is 1. The summed E-state index contributed by atoms with van der Waals surface area (Å²) in [5, 5.41) is 9.57. The number of benzene rings is 3. The smallest absolute Gasteiger partial charge is 0.335 e. The van der Waals surface area contributed by atoms with Crippen LogP contribution in [0.3, 0.4) is 0 Å². The van der Waals surface area contributed by atoms with Gasteiger partial charge in [-0.25, -0.2) is 9.18 Å². The summed E-state index contributed by atoms with van der Waals surface area (Å²) in [6, 6.07) is 17.3. The predicted octanol–water partition coefficient (Wildman–Crippen LogP) is 7.49. The number of likely N-dealkylation sites (tertiary alicyclic amines) is 1. The first-order chi connectivity index (χ1) is 18.3. The number of nitrogens with zero attached hydrogens (tertiary/aromatic N) is 1. The van der Waals surface area contributed by atoms with Crippen LogP contribution in [0.15, 0.2) is 60.2 Å². The van der Waals surface area contributed by atoms with Crippen LogP contribution in [0.4, 0.5) is 8.78 Å². The summed E-state index contributed by atoms with van der Waals surface area (Å²) >= 11 is 0. The van der Waals surface area contributed by atoms with Crippen molar-refractivity contribution in [2.24, 2.45) is 0 Å². The van der Waals surface area contributed by atoms with E-state index < -0.39 is 5.97 Å². The van der Waals surface area contributed by atoms with Gasteiger partial charge in [-0.3, -0.25) is 9.29 Å². The standard InChI is InChI=1S/C33H33F2NO2/c1-21-15-22(2)31(30(35)16-21)29-6-3-5-26-18-27(33(37)38)11-12-28(26)32(29)25-9-7-23(8-10-25)17-24-19-36(20-24)14-4-13-34/h7-12,15-18H,3-6,13-14,19-20H2,1-2H3,(H,37,38). The van der Waals surface area contributed by atoms with Gasteiger partial charge in [-0.15, -0.1) is 0 Å². The van der Waals surface area contributed by atoms with E-state index in [9.17, 15) is 14.3 Å². The number of hydrogen-bond donors (Lipinski definition) is 1. The van der Waals surface area contributed by atoms with Crippen LogP contribution in [0.5, 0.6) is 0 Å². The molecule has 3 aromatic rings. The van der Waals surface area contributed by atoms with Gasteiger partial charge in [0.1, 0.15) is 5.82 Å². The molecular weight excluding hydrogens is 480 g/mol. The first-order valence-electron chi connectivity index (χ1n) is 13.3. The highest BCUT2D eigenvalue weighted by Crippen LogP contribution is 2.42. The van der Waals surface area contributed by atoms with Crippen LogP contribution in [0.2, 0.25) is 0 Å². The van der Waals surface area contributed by atoms with Crippen LogP contribution in [0, 0.1) is 19.7 Å². The predicted molar refractivity (Wildman–Crippen MR) is 150 cm³/mol. The van der Waals surface area contributed by atoms with Gasteiger partial charge >= 0.3 is 5.97 Å². The molecule has 0 aromatic heterocycles. The summed E-state index contributed by atoms with van der Waals surface area (Å²) < 4.78 is 27.9. The number of hydrogen-bond acceptors (Lipinski definition) is 2. The lowest BCUT2D eigenvalue weighted by molar-refractivity contribution is 0.0696. The van der Waals surface area contributed by atoms with Gasteiger partial charge in [-0.05, 0) is 108 Å². The molecule has 0 radical (unpaired) electrons. The van der Waals surface area contributed by atoms with Gasteiger partial charge in [-0.2, -0.15) is 0 Å². The van der Waals surface area contributed by atoms with E-state index in [1.165, 1.54) is 5.57 Å². The SMILES string of the molecule is Cc1cc(C)c(C2=C(c3ccc(C=C4CN(CCCF)C4)cc3)c3ccc(C(=O)O)cc3CCC2)c(F)c1. The summed E-state index contributed by atoms with van der Waals surface area (Å²) in [5.74, 6) is -1.16. The monoisotopic (exact) mass is 513 g/mol. The Balaban J connectivity index is 1.58. The van der Waals surface area contributed by atoms with E-state index in [4.69, 9.17) is 0 Å². The highest BCUT2D eigenvalue weighted by Gasteiger charge is 2.24. The number of rotatable bonds is 7. The number of aromatic carboxylic acids is 1. The molecular formula is C33H33F2NO2. The average Bonchev–Trinajstić information content (AvgIpc) is 3.04. The molecule has 5 heteroatoms. The quantitative estimate of drug-likeness (QED) is 0.356. The maximum atomic E-state index is 15.5. The zero-order valence-electron chi connectivity index (χ0n) is 22.0. The maximum absolute atomic E-state index is 15.5. The largest absolute Gasteiger partial charge is 0.478 e. The lowest BCUT2D eigenvalue weighted by Gasteiger charge is -2.33. The molecule has 1 heterocycles. The average molecular weight is 514 g/mol. The normalized spacial score (nSPS) is 15.6. The fraction of sp³-hybridized carbons (Fsp3) is 0.303. The number of halogens is 2. The van der Waals surface area contributed by atoms with Crippen molar-refractivity contribution in [3.05, 3.63) is 110 Å². The van der Waals surface area contributed by atoms with Crippen molar-refractivity contribution in [3.63, 3.8) is 0 Å². The molecule has 1 N–H and O–H groups in total. The molecule has 3 aromatic carbocycles. The second-order valence-electron chi connectivity index (χ2n) is 10.5. The Labute approximate surface area is 223 Å². The second kappa shape index (κ2) is 11.0. The molecule has 196 valence electrons. The highest BCUT2D eigenvalue weighted by atomic mass is 19.1. The molecule has 1 aliphatic heterocycles. The van der Waals surface area contributed by atoms with E-state index >= 15 is 4.39 Å². The summed E-state index contributed by atoms with van der Waals surface area (Å²) in [4.78, 5) is 13.9. The molecule has 0 amide bonds. The number of fused-ring (bicyclic) bond motifs is 1. The van der Waals surface area contributed by atoms with E-state index in [0.717, 1.165) is 77.0 Å². The van der Waals surface area contributed by atoms with Crippen molar-refractivity contribution in [2.45, 2.75) is 39.5 Å². The first-order valence-corrected chi connectivity index (χ1v) is 13.3. The van der Waals surface area contributed by atoms with Crippen molar-refractivity contribution in [1.82, 2.24) is 4.90 Å². The van der Waals surface area contributed by atoms with Crippen LogP contribution in [0.25, 0.3) is 17.2 Å². The lowest BCUT2D eigenvalue weighted by atomic mass is 9.85. The van der Waals surface area contributed by atoms with Crippen molar-refractivity contribution < 1.29 is 18.7 Å². The van der Waals surface area contributed by atoms with Crippen molar-refractivity contribution in [2.75, 3.05) is 26.3 Å². The van der Waals surface area contributed by atoms with Gasteiger partial charge in [0.15, 0.2) is 0 Å². The minimum absolute atomic E-state index is 0.218. The van der Waals surface area contributed by atoms with Gasteiger partial charge in [0, 0.05) is 25.2 Å². The molecule has 0 saturated carbocycles. The molecule has 38 heavy (non-hydrogen) atoms. The third kappa shape index (κ3) is 5.34. The van der Waals surface area contributed by atoms with Crippen LogP contribution >= 0.6 is 0 Å². The van der Waals surface area contributed by atoms with Crippen LogP contribution in [-0.2, 0) is 6.42 Å². The maximum Gasteiger partial charge on any atom is 0.335 e. The Bertz CT molecular complexity index is 1400. The summed E-state index contributed by atoms with van der Waals surface area (Å²) in [6.07, 6.45) is 5.02. The van der Waals surface area contributed by atoms with Crippen LogP contribution in [0.1, 0.15) is 68.6 Å². The van der Waals surface area contributed by atoms with Gasteiger partial charge in [0.2, 0.25) is 0 Å². The first kappa shape index (κ1) is 26.1. The number of alkyl halides is 1. The number of carboxylic acids is 1. The molecule has 2 aliphatic rings. The lowest BCUT2D eigenvalue weighted by Crippen LogP contribution is -2.40. The Morgan fingerprint density at radius 3 is 2.47 bits per heavy atom. The van der Waals surface area contributed by atoms with Crippen LogP contribution < -0.4 is 0 Å². The Kier molecular flexibility index (Phi) is 7.57. The summed E-state index contributed by atoms with van der Waals surface area (Å²) in [7, 11) is 0. The Morgan fingerprint density at radius 1 is 1.03 bits per heavy atom. The fourth-order valence-corrected chi connectivity index (χ4v) is 5.84. The van der Waals surface area contributed by atoms with E-state index in [-0.39, 0.29) is 18.1 Å². The number of allylic oxidation sites excluding steroid dienone is 1. The van der Waals surface area contributed by atoms with Gasteiger partial charge in [0.05, 0.1) is 12.2 Å². The minimum Gasteiger partial charge on any atom is -0.478 e. The summed E-state index contributed by atoms with van der Waals surface area (Å²) in [5.41, 5.74) is 10.0. The highest BCUT2D eigenvalue weighted by molar-refractivity contribution is 6.01. The number of carbonyl (C=O) groups is 1. The fourth-order valence-electron chi connectivity index (χ4n) is 5.84. The van der Waals surface area contributed by atoms with E-state index in [1.807, 2.05) is 26.0 Å². The molecule has 3 nitrogen and oxygen atoms in total. The minimum atomic E-state index is -0.945. The third-order valence-corrected chi connectivity index (χ3v) is 7.56. The topological polar surface area (TPSA) is 40.5 Å².